The lowest BCUT2D eigenvalue weighted by Gasteiger charge is -2.31. The van der Waals surface area contributed by atoms with Gasteiger partial charge in [0, 0.05) is 25.2 Å². The van der Waals surface area contributed by atoms with E-state index in [1.54, 1.807) is 4.31 Å². The molecule has 1 N–H and O–H groups in total. The molecule has 1 aliphatic carbocycles. The second kappa shape index (κ2) is 6.61. The molecule has 1 saturated carbocycles. The van der Waals surface area contributed by atoms with Gasteiger partial charge in [0.25, 0.3) is 5.91 Å². The predicted molar refractivity (Wildman–Crippen MR) is 89.8 cm³/mol. The lowest BCUT2D eigenvalue weighted by atomic mass is 9.98. The molecule has 1 amide bonds. The van der Waals surface area contributed by atoms with E-state index in [-0.39, 0.29) is 11.2 Å². The molecule has 1 aliphatic heterocycles. The van der Waals surface area contributed by atoms with Gasteiger partial charge in [0.1, 0.15) is 0 Å². The van der Waals surface area contributed by atoms with Crippen LogP contribution < -0.4 is 5.32 Å². The van der Waals surface area contributed by atoms with Crippen molar-refractivity contribution >= 4 is 15.9 Å². The summed E-state index contributed by atoms with van der Waals surface area (Å²) >= 11 is 0. The topological polar surface area (TPSA) is 66.5 Å². The standard InChI is InChI=1S/C17H24N2O3S/c1-13-3-2-4-15(11-13)17(20)18-12-14-7-9-19(10-8-14)23(21,22)16-5-6-16/h2-4,11,14,16H,5-10,12H2,1H3,(H,18,20). The molecule has 1 heterocycles. The summed E-state index contributed by atoms with van der Waals surface area (Å²) in [5.74, 6) is 0.302. The van der Waals surface area contributed by atoms with Crippen molar-refractivity contribution in [2.75, 3.05) is 19.6 Å². The Morgan fingerprint density at radius 1 is 1.22 bits per heavy atom. The fraction of sp³-hybridized carbons (Fsp3) is 0.588. The molecule has 0 spiro atoms. The first kappa shape index (κ1) is 16.5. The molecule has 3 rings (SSSR count). The van der Waals surface area contributed by atoms with Crippen LogP contribution in [0.3, 0.4) is 0 Å². The van der Waals surface area contributed by atoms with Gasteiger partial charge in [-0.15, -0.1) is 0 Å². The van der Waals surface area contributed by atoms with Gasteiger partial charge in [0.15, 0.2) is 0 Å². The Kier molecular flexibility index (Phi) is 4.73. The monoisotopic (exact) mass is 336 g/mol. The Hall–Kier alpha value is -1.40. The molecule has 2 aliphatic rings. The first-order chi connectivity index (χ1) is 11.0. The van der Waals surface area contributed by atoms with Gasteiger partial charge in [-0.3, -0.25) is 4.79 Å². The van der Waals surface area contributed by atoms with Gasteiger partial charge < -0.3 is 5.32 Å². The number of nitrogens with zero attached hydrogens (tertiary/aromatic N) is 1. The maximum Gasteiger partial charge on any atom is 0.251 e. The molecule has 0 aromatic heterocycles. The summed E-state index contributed by atoms with van der Waals surface area (Å²) in [7, 11) is -3.05. The molecule has 1 aromatic rings. The normalized spacial score (nSPS) is 20.4. The van der Waals surface area contributed by atoms with Crippen LogP contribution >= 0.6 is 0 Å². The summed E-state index contributed by atoms with van der Waals surface area (Å²) in [6.07, 6.45) is 3.27. The second-order valence-corrected chi connectivity index (χ2v) is 8.88. The second-order valence-electron chi connectivity index (χ2n) is 6.67. The summed E-state index contributed by atoms with van der Waals surface area (Å²) in [4.78, 5) is 12.1. The Balaban J connectivity index is 1.47. The molecule has 23 heavy (non-hydrogen) atoms. The molecule has 1 saturated heterocycles. The minimum absolute atomic E-state index is 0.0540. The van der Waals surface area contributed by atoms with Crippen LogP contribution in [0, 0.1) is 12.8 Å². The van der Waals surface area contributed by atoms with E-state index >= 15 is 0 Å². The molecule has 0 radical (unpaired) electrons. The van der Waals surface area contributed by atoms with E-state index < -0.39 is 10.0 Å². The number of rotatable bonds is 5. The minimum Gasteiger partial charge on any atom is -0.352 e. The molecule has 126 valence electrons. The molecule has 0 unspecified atom stereocenters. The van der Waals surface area contributed by atoms with Crippen molar-refractivity contribution in [3.05, 3.63) is 35.4 Å². The van der Waals surface area contributed by atoms with E-state index in [0.29, 0.717) is 31.1 Å². The lowest BCUT2D eigenvalue weighted by Crippen LogP contribution is -2.42. The first-order valence-electron chi connectivity index (χ1n) is 8.30. The highest BCUT2D eigenvalue weighted by molar-refractivity contribution is 7.90. The summed E-state index contributed by atoms with van der Waals surface area (Å²) in [6.45, 7) is 3.75. The lowest BCUT2D eigenvalue weighted by molar-refractivity contribution is 0.0941. The maximum absolute atomic E-state index is 12.2. The molecular weight excluding hydrogens is 312 g/mol. The van der Waals surface area contributed by atoms with Crippen molar-refractivity contribution in [2.24, 2.45) is 5.92 Å². The Labute approximate surface area is 138 Å². The van der Waals surface area contributed by atoms with Gasteiger partial charge in [-0.05, 0) is 50.7 Å². The third-order valence-corrected chi connectivity index (χ3v) is 7.11. The summed E-state index contributed by atoms with van der Waals surface area (Å²) in [6, 6.07) is 7.53. The van der Waals surface area contributed by atoms with Crippen LogP contribution in [0.4, 0.5) is 0 Å². The fourth-order valence-electron chi connectivity index (χ4n) is 3.07. The van der Waals surface area contributed by atoms with E-state index in [0.717, 1.165) is 31.2 Å². The van der Waals surface area contributed by atoms with Crippen LogP contribution in [0.25, 0.3) is 0 Å². The zero-order valence-electron chi connectivity index (χ0n) is 13.5. The SMILES string of the molecule is Cc1cccc(C(=O)NCC2CCN(S(=O)(=O)C3CC3)CC2)c1. The average molecular weight is 336 g/mol. The van der Waals surface area contributed by atoms with Crippen LogP contribution in [-0.2, 0) is 10.0 Å². The van der Waals surface area contributed by atoms with Crippen LogP contribution in [0.1, 0.15) is 41.6 Å². The zero-order valence-corrected chi connectivity index (χ0v) is 14.3. The number of aryl methyl sites for hydroxylation is 1. The number of hydrogen-bond acceptors (Lipinski definition) is 3. The number of hydrogen-bond donors (Lipinski definition) is 1. The highest BCUT2D eigenvalue weighted by Gasteiger charge is 2.41. The fourth-order valence-corrected chi connectivity index (χ4v) is 4.94. The number of benzene rings is 1. The van der Waals surface area contributed by atoms with Crippen LogP contribution in [0.5, 0.6) is 0 Å². The van der Waals surface area contributed by atoms with Crippen LogP contribution in [-0.4, -0.2) is 43.5 Å². The van der Waals surface area contributed by atoms with Crippen LogP contribution in [0.2, 0.25) is 0 Å². The van der Waals surface area contributed by atoms with Crippen LogP contribution in [0.15, 0.2) is 24.3 Å². The Morgan fingerprint density at radius 2 is 1.91 bits per heavy atom. The molecule has 5 nitrogen and oxygen atoms in total. The van der Waals surface area contributed by atoms with Gasteiger partial charge in [-0.2, -0.15) is 0 Å². The van der Waals surface area contributed by atoms with Crippen molar-refractivity contribution in [2.45, 2.75) is 37.9 Å². The van der Waals surface area contributed by atoms with Gasteiger partial charge in [-0.1, -0.05) is 17.7 Å². The van der Waals surface area contributed by atoms with Gasteiger partial charge in [0.05, 0.1) is 5.25 Å². The van der Waals surface area contributed by atoms with E-state index in [4.69, 9.17) is 0 Å². The van der Waals surface area contributed by atoms with E-state index in [1.165, 1.54) is 0 Å². The average Bonchev–Trinajstić information content (AvgIpc) is 3.38. The predicted octanol–water partition coefficient (Wildman–Crippen LogP) is 1.93. The third kappa shape index (κ3) is 3.93. The number of sulfonamides is 1. The summed E-state index contributed by atoms with van der Waals surface area (Å²) in [5.41, 5.74) is 1.75. The number of nitrogens with one attached hydrogen (secondary N) is 1. The largest absolute Gasteiger partial charge is 0.352 e. The molecule has 2 fully saturated rings. The van der Waals surface area contributed by atoms with Crippen molar-refractivity contribution in [1.82, 2.24) is 9.62 Å². The Morgan fingerprint density at radius 3 is 2.52 bits per heavy atom. The van der Waals surface area contributed by atoms with Gasteiger partial charge in [0.2, 0.25) is 10.0 Å². The van der Waals surface area contributed by atoms with E-state index in [1.807, 2.05) is 31.2 Å². The molecule has 1 aromatic carbocycles. The smallest absolute Gasteiger partial charge is 0.251 e. The van der Waals surface area contributed by atoms with Gasteiger partial charge >= 0.3 is 0 Å². The number of amides is 1. The molecule has 6 heteroatoms. The number of piperidine rings is 1. The molecule has 0 atom stereocenters. The molecular formula is C17H24N2O3S. The van der Waals surface area contributed by atoms with Crippen molar-refractivity contribution < 1.29 is 13.2 Å². The summed E-state index contributed by atoms with van der Waals surface area (Å²) in [5, 5.41) is 2.85. The van der Waals surface area contributed by atoms with E-state index in [9.17, 15) is 13.2 Å². The highest BCUT2D eigenvalue weighted by atomic mass is 32.2. The summed E-state index contributed by atoms with van der Waals surface area (Å²) < 4.78 is 26.0. The van der Waals surface area contributed by atoms with Crippen molar-refractivity contribution in [3.63, 3.8) is 0 Å². The van der Waals surface area contributed by atoms with Gasteiger partial charge in [-0.25, -0.2) is 12.7 Å². The zero-order chi connectivity index (χ0) is 16.4. The maximum atomic E-state index is 12.2. The number of carbonyl (C=O) groups excluding carboxylic acids is 1. The van der Waals surface area contributed by atoms with Crippen molar-refractivity contribution in [3.8, 4) is 0 Å². The molecule has 0 bridgehead atoms. The minimum atomic E-state index is -3.05. The van der Waals surface area contributed by atoms with Crippen molar-refractivity contribution in [1.29, 1.82) is 0 Å². The Bertz CT molecular complexity index is 675. The van der Waals surface area contributed by atoms with E-state index in [2.05, 4.69) is 5.32 Å². The highest BCUT2D eigenvalue weighted by Crippen LogP contribution is 2.33. The first-order valence-corrected chi connectivity index (χ1v) is 9.81. The third-order valence-electron chi connectivity index (χ3n) is 4.71. The quantitative estimate of drug-likeness (QED) is 0.893. The number of carbonyl (C=O) groups is 1.